The van der Waals surface area contributed by atoms with E-state index in [4.69, 9.17) is 5.73 Å². The molecule has 0 unspecified atom stereocenters. The average Bonchev–Trinajstić information content (AvgIpc) is 2.88. The molecule has 1 amide bonds. The third-order valence-electron chi connectivity index (χ3n) is 2.51. The van der Waals surface area contributed by atoms with Crippen molar-refractivity contribution in [2.75, 3.05) is 0 Å². The van der Waals surface area contributed by atoms with Gasteiger partial charge < -0.3 is 10.7 Å². The Hall–Kier alpha value is -2.76. The fourth-order valence-corrected chi connectivity index (χ4v) is 1.54. The number of amides is 1. The number of nitrogens with two attached hydrogens (primary N) is 1. The molecule has 6 heteroatoms. The minimum absolute atomic E-state index is 0.363. The molecule has 0 fully saturated rings. The van der Waals surface area contributed by atoms with Gasteiger partial charge in [0.1, 0.15) is 11.8 Å². The number of fused-ring (bicyclic) bond motifs is 1. The lowest BCUT2D eigenvalue weighted by Gasteiger charge is -1.97. The Morgan fingerprint density at radius 1 is 1.26 bits per heavy atom. The van der Waals surface area contributed by atoms with Gasteiger partial charge in [0.15, 0.2) is 5.65 Å². The molecule has 1 aromatic carbocycles. The molecule has 6 nitrogen and oxygen atoms in total. The zero-order chi connectivity index (χ0) is 13.7. The molecule has 0 saturated carbocycles. The monoisotopic (exact) mass is 255 g/mol. The molecule has 19 heavy (non-hydrogen) atoms. The number of hydrogen-bond donors (Lipinski definition) is 2. The normalized spacial score (nSPS) is 9.74. The molecule has 3 aromatic rings. The van der Waals surface area contributed by atoms with Gasteiger partial charge >= 0.3 is 0 Å². The van der Waals surface area contributed by atoms with Crippen LogP contribution < -0.4 is 5.73 Å². The molecule has 3 rings (SSSR count). The van der Waals surface area contributed by atoms with Crippen LogP contribution in [-0.4, -0.2) is 25.8 Å². The molecule has 0 radical (unpaired) electrons. The van der Waals surface area contributed by atoms with Crippen molar-refractivity contribution in [1.82, 2.24) is 19.9 Å². The lowest BCUT2D eigenvalue weighted by molar-refractivity contribution is 0.0999. The maximum absolute atomic E-state index is 10.6. The van der Waals surface area contributed by atoms with Crippen LogP contribution in [0.4, 0.5) is 0 Å². The molecule has 0 saturated heterocycles. The van der Waals surface area contributed by atoms with E-state index in [-0.39, 0.29) is 5.91 Å². The number of hydrogen-bond acceptors (Lipinski definition) is 4. The summed E-state index contributed by atoms with van der Waals surface area (Å²) in [5.74, 6) is -0.363. The second kappa shape index (κ2) is 5.72. The van der Waals surface area contributed by atoms with E-state index in [1.54, 1.807) is 24.7 Å². The molecule has 3 N–H and O–H groups in total. The number of benzene rings is 1. The summed E-state index contributed by atoms with van der Waals surface area (Å²) in [4.78, 5) is 25.1. The number of aryl methyl sites for hydroxylation is 1. The number of aromatic nitrogens is 4. The first kappa shape index (κ1) is 12.7. The van der Waals surface area contributed by atoms with E-state index in [0.717, 1.165) is 11.1 Å². The van der Waals surface area contributed by atoms with Crippen LogP contribution in [0, 0.1) is 6.92 Å². The van der Waals surface area contributed by atoms with Crippen molar-refractivity contribution in [1.29, 1.82) is 0 Å². The van der Waals surface area contributed by atoms with Crippen LogP contribution in [0.2, 0.25) is 0 Å². The second-order valence-electron chi connectivity index (χ2n) is 3.84. The summed E-state index contributed by atoms with van der Waals surface area (Å²) in [5, 5.41) is 0. The summed E-state index contributed by atoms with van der Waals surface area (Å²) in [7, 11) is 0. The quantitative estimate of drug-likeness (QED) is 0.687. The SMILES string of the molecule is Cc1ccccc1C(N)=O.c1ncc2[nH]cnc2n1. The highest BCUT2D eigenvalue weighted by Crippen LogP contribution is 2.04. The number of imidazole rings is 1. The minimum Gasteiger partial charge on any atom is -0.366 e. The van der Waals surface area contributed by atoms with Crippen LogP contribution in [-0.2, 0) is 0 Å². The van der Waals surface area contributed by atoms with E-state index in [1.165, 1.54) is 6.33 Å². The van der Waals surface area contributed by atoms with E-state index in [2.05, 4.69) is 19.9 Å². The molecule has 2 heterocycles. The van der Waals surface area contributed by atoms with Gasteiger partial charge in [-0.05, 0) is 18.6 Å². The van der Waals surface area contributed by atoms with Crippen LogP contribution in [0.15, 0.2) is 43.1 Å². The first-order valence-electron chi connectivity index (χ1n) is 5.63. The van der Waals surface area contributed by atoms with Crippen molar-refractivity contribution < 1.29 is 4.79 Å². The Morgan fingerprint density at radius 3 is 2.68 bits per heavy atom. The van der Waals surface area contributed by atoms with Crippen LogP contribution in [0.3, 0.4) is 0 Å². The van der Waals surface area contributed by atoms with Gasteiger partial charge in [-0.15, -0.1) is 0 Å². The number of carbonyl (C=O) groups excluding carboxylic acids is 1. The number of rotatable bonds is 1. The molecule has 0 atom stereocenters. The molecular formula is C13H13N5O. The van der Waals surface area contributed by atoms with Crippen molar-refractivity contribution in [2.24, 2.45) is 5.73 Å². The fourth-order valence-electron chi connectivity index (χ4n) is 1.54. The summed E-state index contributed by atoms with van der Waals surface area (Å²) >= 11 is 0. The zero-order valence-electron chi connectivity index (χ0n) is 10.4. The summed E-state index contributed by atoms with van der Waals surface area (Å²) in [6, 6.07) is 7.26. The highest BCUT2D eigenvalue weighted by Gasteiger charge is 2.00. The van der Waals surface area contributed by atoms with E-state index >= 15 is 0 Å². The standard InChI is InChI=1S/C8H9NO.C5H4N4/c1-6-4-2-3-5-7(6)8(9)10;1-4-5(8-2-6-1)9-3-7-4/h2-5H,1H3,(H2,9,10);1-3H,(H,6,7,8,9). The van der Waals surface area contributed by atoms with Gasteiger partial charge in [-0.25, -0.2) is 15.0 Å². The Labute approximate surface area is 109 Å². The number of nitrogens with one attached hydrogen (secondary N) is 1. The van der Waals surface area contributed by atoms with E-state index in [1.807, 2.05) is 19.1 Å². The number of H-pyrrole nitrogens is 1. The molecule has 0 aliphatic heterocycles. The highest BCUT2D eigenvalue weighted by molar-refractivity contribution is 5.94. The van der Waals surface area contributed by atoms with Crippen LogP contribution in [0.25, 0.3) is 11.2 Å². The van der Waals surface area contributed by atoms with Gasteiger partial charge in [-0.1, -0.05) is 18.2 Å². The van der Waals surface area contributed by atoms with Crippen LogP contribution in [0.5, 0.6) is 0 Å². The average molecular weight is 255 g/mol. The van der Waals surface area contributed by atoms with Crippen molar-refractivity contribution in [3.63, 3.8) is 0 Å². The largest absolute Gasteiger partial charge is 0.366 e. The number of primary amides is 1. The Morgan fingerprint density at radius 2 is 2.05 bits per heavy atom. The molecule has 0 spiro atoms. The van der Waals surface area contributed by atoms with Gasteiger partial charge in [0, 0.05) is 5.56 Å². The van der Waals surface area contributed by atoms with Crippen molar-refractivity contribution in [3.8, 4) is 0 Å². The van der Waals surface area contributed by atoms with Crippen LogP contribution >= 0.6 is 0 Å². The van der Waals surface area contributed by atoms with Crippen molar-refractivity contribution in [3.05, 3.63) is 54.2 Å². The van der Waals surface area contributed by atoms with Gasteiger partial charge in [-0.3, -0.25) is 4.79 Å². The lowest BCUT2D eigenvalue weighted by Crippen LogP contribution is -2.12. The zero-order valence-corrected chi connectivity index (χ0v) is 10.4. The first-order valence-corrected chi connectivity index (χ1v) is 5.63. The number of nitrogens with zero attached hydrogens (tertiary/aromatic N) is 3. The summed E-state index contributed by atoms with van der Waals surface area (Å²) in [6.07, 6.45) is 4.76. The summed E-state index contributed by atoms with van der Waals surface area (Å²) in [5.41, 5.74) is 8.19. The molecule has 96 valence electrons. The van der Waals surface area contributed by atoms with Gasteiger partial charge in [0.25, 0.3) is 0 Å². The van der Waals surface area contributed by atoms with Gasteiger partial charge in [-0.2, -0.15) is 0 Å². The van der Waals surface area contributed by atoms with Crippen molar-refractivity contribution >= 4 is 17.1 Å². The number of aromatic amines is 1. The molecule has 0 bridgehead atoms. The van der Waals surface area contributed by atoms with Crippen molar-refractivity contribution in [2.45, 2.75) is 6.92 Å². The Balaban J connectivity index is 0.000000141. The molecule has 2 aromatic heterocycles. The Bertz CT molecular complexity index is 662. The predicted octanol–water partition coefficient (Wildman–Crippen LogP) is 1.45. The summed E-state index contributed by atoms with van der Waals surface area (Å²) in [6.45, 7) is 1.86. The molecule has 0 aliphatic rings. The second-order valence-corrected chi connectivity index (χ2v) is 3.84. The van der Waals surface area contributed by atoms with Gasteiger partial charge in [0.2, 0.25) is 5.91 Å². The summed E-state index contributed by atoms with van der Waals surface area (Å²) < 4.78 is 0. The maximum Gasteiger partial charge on any atom is 0.248 e. The Kier molecular flexibility index (Phi) is 3.82. The fraction of sp³-hybridized carbons (Fsp3) is 0.0769. The van der Waals surface area contributed by atoms with E-state index in [9.17, 15) is 4.79 Å². The topological polar surface area (TPSA) is 97.6 Å². The smallest absolute Gasteiger partial charge is 0.248 e. The van der Waals surface area contributed by atoms with Gasteiger partial charge in [0.05, 0.1) is 12.5 Å². The maximum atomic E-state index is 10.6. The highest BCUT2D eigenvalue weighted by atomic mass is 16.1. The lowest BCUT2D eigenvalue weighted by atomic mass is 10.1. The van der Waals surface area contributed by atoms with E-state index < -0.39 is 0 Å². The van der Waals surface area contributed by atoms with E-state index in [0.29, 0.717) is 11.2 Å². The van der Waals surface area contributed by atoms with Crippen LogP contribution in [0.1, 0.15) is 15.9 Å². The third-order valence-corrected chi connectivity index (χ3v) is 2.51. The predicted molar refractivity (Wildman–Crippen MR) is 71.4 cm³/mol. The minimum atomic E-state index is -0.363. The third kappa shape index (κ3) is 3.12. The molecular weight excluding hydrogens is 242 g/mol. The molecule has 0 aliphatic carbocycles. The first-order chi connectivity index (χ1) is 9.18. The number of carbonyl (C=O) groups is 1.